The first kappa shape index (κ1) is 12.4. The van der Waals surface area contributed by atoms with Crippen LogP contribution in [0.15, 0.2) is 0 Å². The average molecular weight is 235 g/mol. The van der Waals surface area contributed by atoms with Crippen LogP contribution in [0, 0.1) is 0 Å². The highest BCUT2D eigenvalue weighted by atomic mass is 32.2. The summed E-state index contributed by atoms with van der Waals surface area (Å²) in [6.07, 6.45) is 1.40. The molecule has 1 aliphatic heterocycles. The molecule has 1 aliphatic rings. The molecule has 1 saturated heterocycles. The molecular formula is C9H17NO4S. The van der Waals surface area contributed by atoms with Gasteiger partial charge < -0.3 is 10.1 Å². The molecule has 1 heterocycles. The van der Waals surface area contributed by atoms with Crippen molar-refractivity contribution in [3.8, 4) is 0 Å². The van der Waals surface area contributed by atoms with E-state index in [1.165, 1.54) is 7.11 Å². The van der Waals surface area contributed by atoms with Crippen molar-refractivity contribution in [1.29, 1.82) is 0 Å². The van der Waals surface area contributed by atoms with Crippen LogP contribution in [-0.2, 0) is 19.4 Å². The lowest BCUT2D eigenvalue weighted by atomic mass is 9.92. The Balaban J connectivity index is 2.80. The number of hydrogen-bond acceptors (Lipinski definition) is 5. The molecule has 1 unspecified atom stereocenters. The zero-order valence-electron chi connectivity index (χ0n) is 9.08. The van der Waals surface area contributed by atoms with Crippen LogP contribution in [0.1, 0.15) is 19.3 Å². The van der Waals surface area contributed by atoms with Gasteiger partial charge in [-0.25, -0.2) is 8.42 Å². The van der Waals surface area contributed by atoms with Crippen LogP contribution in [-0.4, -0.2) is 45.6 Å². The third kappa shape index (κ3) is 3.17. The Morgan fingerprint density at radius 2 is 2.20 bits per heavy atom. The minimum Gasteiger partial charge on any atom is -0.469 e. The van der Waals surface area contributed by atoms with Crippen LogP contribution in [0.4, 0.5) is 0 Å². The molecule has 0 aromatic rings. The first-order chi connectivity index (χ1) is 6.93. The molecule has 0 aromatic carbocycles. The normalized spacial score (nSPS) is 29.7. The van der Waals surface area contributed by atoms with Gasteiger partial charge in [-0.2, -0.15) is 0 Å². The van der Waals surface area contributed by atoms with Crippen molar-refractivity contribution < 1.29 is 17.9 Å². The molecule has 0 aromatic heterocycles. The molecule has 0 radical (unpaired) electrons. The molecule has 0 spiro atoms. The maximum absolute atomic E-state index is 11.5. The van der Waals surface area contributed by atoms with E-state index in [0.29, 0.717) is 12.8 Å². The second-order valence-corrected chi connectivity index (χ2v) is 6.16. The molecule has 15 heavy (non-hydrogen) atoms. The summed E-state index contributed by atoms with van der Waals surface area (Å²) in [4.78, 5) is 11.2. The summed E-state index contributed by atoms with van der Waals surface area (Å²) in [5, 5.41) is 2.96. The first-order valence-corrected chi connectivity index (χ1v) is 6.71. The number of nitrogens with one attached hydrogen (secondary N) is 1. The zero-order valence-corrected chi connectivity index (χ0v) is 9.89. The maximum Gasteiger partial charge on any atom is 0.307 e. The van der Waals surface area contributed by atoms with E-state index >= 15 is 0 Å². The zero-order chi connectivity index (χ0) is 11.5. The fourth-order valence-electron chi connectivity index (χ4n) is 1.97. The summed E-state index contributed by atoms with van der Waals surface area (Å²) in [6, 6.07) is 0. The average Bonchev–Trinajstić information content (AvgIpc) is 2.16. The molecule has 0 saturated carbocycles. The summed E-state index contributed by atoms with van der Waals surface area (Å²) in [5.41, 5.74) is -0.635. The summed E-state index contributed by atoms with van der Waals surface area (Å²) in [7, 11) is -0.0337. The van der Waals surface area contributed by atoms with Gasteiger partial charge in [-0.3, -0.25) is 4.79 Å². The molecular weight excluding hydrogens is 218 g/mol. The van der Waals surface area contributed by atoms with Crippen LogP contribution >= 0.6 is 0 Å². The van der Waals surface area contributed by atoms with Crippen molar-refractivity contribution in [3.63, 3.8) is 0 Å². The predicted molar refractivity (Wildman–Crippen MR) is 56.3 cm³/mol. The minimum atomic E-state index is -3.03. The summed E-state index contributed by atoms with van der Waals surface area (Å²) < 4.78 is 27.6. The minimum absolute atomic E-state index is 0.0194. The molecule has 5 nitrogen and oxygen atoms in total. The summed E-state index contributed by atoms with van der Waals surface area (Å²) >= 11 is 0. The number of hydrogen-bond donors (Lipinski definition) is 1. The summed E-state index contributed by atoms with van der Waals surface area (Å²) in [6.45, 7) is 0. The van der Waals surface area contributed by atoms with E-state index in [1.54, 1.807) is 7.05 Å². The third-order valence-electron chi connectivity index (χ3n) is 2.85. The molecule has 1 fully saturated rings. The van der Waals surface area contributed by atoms with Crippen molar-refractivity contribution in [1.82, 2.24) is 5.32 Å². The number of carbonyl (C=O) groups is 1. The third-order valence-corrected chi connectivity index (χ3v) is 4.75. The second kappa shape index (κ2) is 4.49. The van der Waals surface area contributed by atoms with Crippen molar-refractivity contribution in [2.75, 3.05) is 25.7 Å². The van der Waals surface area contributed by atoms with E-state index < -0.39 is 15.4 Å². The Morgan fingerprint density at radius 3 is 2.67 bits per heavy atom. The number of ether oxygens (including phenoxy) is 1. The quantitative estimate of drug-likeness (QED) is 0.681. The standard InChI is InChI=1S/C9H17NO4S/c1-10-9(6-8(11)14-2)4-3-5-15(12,13)7-9/h10H,3-7H2,1-2H3. The Morgan fingerprint density at radius 1 is 1.53 bits per heavy atom. The lowest BCUT2D eigenvalue weighted by molar-refractivity contribution is -0.142. The van der Waals surface area contributed by atoms with Gasteiger partial charge in [0.05, 0.1) is 25.0 Å². The predicted octanol–water partition coefficient (Wildman–Crippen LogP) is -0.284. The fraction of sp³-hybridized carbons (Fsp3) is 0.889. The van der Waals surface area contributed by atoms with Gasteiger partial charge in [0.2, 0.25) is 0 Å². The molecule has 0 bridgehead atoms. The highest BCUT2D eigenvalue weighted by molar-refractivity contribution is 7.91. The van der Waals surface area contributed by atoms with Crippen molar-refractivity contribution in [3.05, 3.63) is 0 Å². The first-order valence-electron chi connectivity index (χ1n) is 4.89. The molecule has 1 N–H and O–H groups in total. The molecule has 6 heteroatoms. The highest BCUT2D eigenvalue weighted by Crippen LogP contribution is 2.26. The molecule has 1 rings (SSSR count). The van der Waals surface area contributed by atoms with E-state index in [0.717, 1.165) is 0 Å². The monoisotopic (exact) mass is 235 g/mol. The van der Waals surface area contributed by atoms with Crippen LogP contribution < -0.4 is 5.32 Å². The van der Waals surface area contributed by atoms with Gasteiger partial charge in [0, 0.05) is 5.54 Å². The SMILES string of the molecule is CNC1(CC(=O)OC)CCCS(=O)(=O)C1. The molecule has 1 atom stereocenters. The fourth-order valence-corrected chi connectivity index (χ4v) is 3.93. The van der Waals surface area contributed by atoms with Gasteiger partial charge in [0.25, 0.3) is 0 Å². The van der Waals surface area contributed by atoms with E-state index in [1.807, 2.05) is 0 Å². The van der Waals surface area contributed by atoms with Crippen molar-refractivity contribution in [2.45, 2.75) is 24.8 Å². The maximum atomic E-state index is 11.5. The van der Waals surface area contributed by atoms with Gasteiger partial charge >= 0.3 is 5.97 Å². The number of rotatable bonds is 3. The van der Waals surface area contributed by atoms with Gasteiger partial charge in [-0.05, 0) is 19.9 Å². The number of sulfone groups is 1. The largest absolute Gasteiger partial charge is 0.469 e. The Hall–Kier alpha value is -0.620. The van der Waals surface area contributed by atoms with Gasteiger partial charge in [0.15, 0.2) is 9.84 Å². The Kier molecular flexibility index (Phi) is 3.72. The smallest absolute Gasteiger partial charge is 0.307 e. The van der Waals surface area contributed by atoms with Crippen LogP contribution in [0.5, 0.6) is 0 Å². The number of methoxy groups -OCH3 is 1. The number of esters is 1. The van der Waals surface area contributed by atoms with Gasteiger partial charge in [-0.15, -0.1) is 0 Å². The van der Waals surface area contributed by atoms with Crippen molar-refractivity contribution in [2.24, 2.45) is 0 Å². The van der Waals surface area contributed by atoms with Gasteiger partial charge in [0.1, 0.15) is 0 Å². The van der Waals surface area contributed by atoms with Gasteiger partial charge in [-0.1, -0.05) is 0 Å². The topological polar surface area (TPSA) is 72.5 Å². The highest BCUT2D eigenvalue weighted by Gasteiger charge is 2.39. The van der Waals surface area contributed by atoms with E-state index in [9.17, 15) is 13.2 Å². The molecule has 0 amide bonds. The van der Waals surface area contributed by atoms with Crippen LogP contribution in [0.3, 0.4) is 0 Å². The molecule has 88 valence electrons. The molecule has 0 aliphatic carbocycles. The van der Waals surface area contributed by atoms with E-state index in [-0.39, 0.29) is 23.9 Å². The van der Waals surface area contributed by atoms with E-state index in [4.69, 9.17) is 0 Å². The summed E-state index contributed by atoms with van der Waals surface area (Å²) in [5.74, 6) is -0.134. The lowest BCUT2D eigenvalue weighted by Crippen LogP contribution is -2.53. The Labute approximate surface area is 90.1 Å². The number of carbonyl (C=O) groups excluding carboxylic acids is 1. The lowest BCUT2D eigenvalue weighted by Gasteiger charge is -2.35. The van der Waals surface area contributed by atoms with E-state index in [2.05, 4.69) is 10.1 Å². The second-order valence-electron chi connectivity index (χ2n) is 3.98. The van der Waals surface area contributed by atoms with Crippen LogP contribution in [0.25, 0.3) is 0 Å². The Bertz CT molecular complexity index is 338. The van der Waals surface area contributed by atoms with Crippen molar-refractivity contribution >= 4 is 15.8 Å². The van der Waals surface area contributed by atoms with Crippen LogP contribution in [0.2, 0.25) is 0 Å².